The van der Waals surface area contributed by atoms with Crippen LogP contribution in [0.3, 0.4) is 0 Å². The summed E-state index contributed by atoms with van der Waals surface area (Å²) >= 11 is 6.84. The van der Waals surface area contributed by atoms with Gasteiger partial charge in [0, 0.05) is 0 Å². The molecule has 0 fully saturated rings. The third kappa shape index (κ3) is 5.34. The number of sulfonamides is 1. The van der Waals surface area contributed by atoms with Gasteiger partial charge in [0.2, 0.25) is 20.3 Å². The number of nitrogens with one attached hydrogen (secondary N) is 2. The van der Waals surface area contributed by atoms with Crippen molar-refractivity contribution in [3.05, 3.63) is 29.3 Å². The van der Waals surface area contributed by atoms with Crippen molar-refractivity contribution in [2.45, 2.75) is 13.0 Å². The van der Waals surface area contributed by atoms with E-state index in [4.69, 9.17) is 16.3 Å². The van der Waals surface area contributed by atoms with Crippen LogP contribution in [0, 0.1) is 0 Å². The van der Waals surface area contributed by atoms with Crippen molar-refractivity contribution in [1.82, 2.24) is 10.2 Å². The number of aromatic nitrogens is 2. The van der Waals surface area contributed by atoms with Crippen molar-refractivity contribution in [1.29, 1.82) is 0 Å². The average Bonchev–Trinajstić information content (AvgIpc) is 2.86. The van der Waals surface area contributed by atoms with Gasteiger partial charge in [-0.2, -0.15) is 0 Å². The first kappa shape index (κ1) is 17.4. The number of anilines is 2. The number of halogens is 1. The van der Waals surface area contributed by atoms with E-state index in [-0.39, 0.29) is 10.3 Å². The lowest BCUT2D eigenvalue weighted by atomic mass is 10.3. The number of ether oxygens (including phenoxy) is 1. The summed E-state index contributed by atoms with van der Waals surface area (Å²) in [5.41, 5.74) is 0. The summed E-state index contributed by atoms with van der Waals surface area (Å²) in [5, 5.41) is 10.4. The maximum absolute atomic E-state index is 12.0. The molecule has 1 aromatic carbocycles. The molecule has 2 aromatic rings. The predicted molar refractivity (Wildman–Crippen MR) is 88.5 cm³/mol. The van der Waals surface area contributed by atoms with E-state index in [1.807, 2.05) is 0 Å². The van der Waals surface area contributed by atoms with Gasteiger partial charge in [0.25, 0.3) is 5.91 Å². The second-order valence-corrected chi connectivity index (χ2v) is 7.60. The van der Waals surface area contributed by atoms with Crippen LogP contribution in [0.2, 0.25) is 5.02 Å². The summed E-state index contributed by atoms with van der Waals surface area (Å²) in [5.74, 6) is -0.0829. The largest absolute Gasteiger partial charge is 0.479 e. The lowest BCUT2D eigenvalue weighted by Gasteiger charge is -2.14. The third-order valence-corrected chi connectivity index (χ3v) is 4.20. The summed E-state index contributed by atoms with van der Waals surface area (Å²) < 4.78 is 29.8. The van der Waals surface area contributed by atoms with E-state index in [0.29, 0.717) is 10.8 Å². The van der Waals surface area contributed by atoms with Crippen molar-refractivity contribution in [3.8, 4) is 5.75 Å². The lowest BCUT2D eigenvalue weighted by molar-refractivity contribution is -0.122. The molecule has 1 unspecified atom stereocenters. The molecular formula is C12H13ClN4O4S2. The molecule has 2 rings (SSSR count). The number of nitrogens with zero attached hydrogens (tertiary/aromatic N) is 2. The van der Waals surface area contributed by atoms with Crippen molar-refractivity contribution in [2.24, 2.45) is 0 Å². The summed E-state index contributed by atoms with van der Waals surface area (Å²) in [6, 6.07) is 6.78. The van der Waals surface area contributed by atoms with Crippen LogP contribution in [-0.4, -0.2) is 36.9 Å². The molecule has 124 valence electrons. The van der Waals surface area contributed by atoms with Crippen LogP contribution in [0.25, 0.3) is 0 Å². The second-order valence-electron chi connectivity index (χ2n) is 4.47. The Morgan fingerprint density at radius 3 is 2.61 bits per heavy atom. The van der Waals surface area contributed by atoms with E-state index >= 15 is 0 Å². The van der Waals surface area contributed by atoms with Crippen LogP contribution >= 0.6 is 22.9 Å². The van der Waals surface area contributed by atoms with Gasteiger partial charge in [0.15, 0.2) is 6.10 Å². The van der Waals surface area contributed by atoms with Gasteiger partial charge in [0.05, 0.1) is 11.3 Å². The molecule has 0 bridgehead atoms. The SMILES string of the molecule is CC(Oc1ccccc1Cl)C(=O)Nc1nnc(NS(C)(=O)=O)s1. The Morgan fingerprint density at radius 2 is 1.96 bits per heavy atom. The average molecular weight is 377 g/mol. The van der Waals surface area contributed by atoms with E-state index in [1.165, 1.54) is 0 Å². The fraction of sp³-hybridized carbons (Fsp3) is 0.250. The molecule has 8 nitrogen and oxygen atoms in total. The Morgan fingerprint density at radius 1 is 1.30 bits per heavy atom. The van der Waals surface area contributed by atoms with E-state index in [0.717, 1.165) is 17.6 Å². The molecule has 1 amide bonds. The lowest BCUT2D eigenvalue weighted by Crippen LogP contribution is -2.30. The van der Waals surface area contributed by atoms with Gasteiger partial charge < -0.3 is 4.74 Å². The number of amides is 1. The Bertz CT molecular complexity index is 809. The van der Waals surface area contributed by atoms with Crippen LogP contribution in [-0.2, 0) is 14.8 Å². The predicted octanol–water partition coefficient (Wildman–Crippen LogP) is 1.97. The fourth-order valence-electron chi connectivity index (χ4n) is 1.46. The minimum absolute atomic E-state index is 0.0578. The third-order valence-electron chi connectivity index (χ3n) is 2.44. The van der Waals surface area contributed by atoms with Gasteiger partial charge in [-0.3, -0.25) is 14.8 Å². The maximum Gasteiger partial charge on any atom is 0.266 e. The number of carbonyl (C=O) groups excluding carboxylic acids is 1. The molecule has 0 spiro atoms. The minimum Gasteiger partial charge on any atom is -0.479 e. The van der Waals surface area contributed by atoms with Gasteiger partial charge in [-0.25, -0.2) is 8.42 Å². The van der Waals surface area contributed by atoms with Gasteiger partial charge >= 0.3 is 0 Å². The molecule has 0 aliphatic carbocycles. The highest BCUT2D eigenvalue weighted by atomic mass is 35.5. The van der Waals surface area contributed by atoms with Crippen LogP contribution in [0.1, 0.15) is 6.92 Å². The minimum atomic E-state index is -3.45. The first-order chi connectivity index (χ1) is 10.7. The van der Waals surface area contributed by atoms with Crippen LogP contribution in [0.5, 0.6) is 5.75 Å². The molecule has 0 saturated carbocycles. The van der Waals surface area contributed by atoms with E-state index in [2.05, 4.69) is 20.2 Å². The summed E-state index contributed by atoms with van der Waals surface area (Å²) in [6.07, 6.45) is 0.164. The topological polar surface area (TPSA) is 110 Å². The molecule has 23 heavy (non-hydrogen) atoms. The first-order valence-corrected chi connectivity index (χ1v) is 9.36. The Labute approximate surface area is 141 Å². The molecule has 11 heteroatoms. The van der Waals surface area contributed by atoms with Gasteiger partial charge in [0.1, 0.15) is 5.75 Å². The molecule has 1 atom stereocenters. The molecular weight excluding hydrogens is 364 g/mol. The number of para-hydroxylation sites is 1. The zero-order chi connectivity index (χ0) is 17.0. The number of benzene rings is 1. The summed E-state index contributed by atoms with van der Waals surface area (Å²) in [4.78, 5) is 12.0. The van der Waals surface area contributed by atoms with Crippen molar-refractivity contribution < 1.29 is 17.9 Å². The Balaban J connectivity index is 1.97. The van der Waals surface area contributed by atoms with Crippen molar-refractivity contribution >= 4 is 49.1 Å². The van der Waals surface area contributed by atoms with Gasteiger partial charge in [-0.05, 0) is 19.1 Å². The van der Waals surface area contributed by atoms with Gasteiger partial charge in [-0.1, -0.05) is 35.1 Å². The number of hydrogen-bond acceptors (Lipinski definition) is 7. The molecule has 0 radical (unpaired) electrons. The molecule has 1 aromatic heterocycles. The Hall–Kier alpha value is -1.91. The standard InChI is InChI=1S/C12H13ClN4O4S2/c1-7(21-9-6-4-3-5-8(9)13)10(18)14-11-15-16-12(22-11)17-23(2,19)20/h3-7H,1-2H3,(H,16,17)(H,14,15,18). The molecule has 0 aliphatic heterocycles. The quantitative estimate of drug-likeness (QED) is 0.797. The highest BCUT2D eigenvalue weighted by Crippen LogP contribution is 2.25. The summed E-state index contributed by atoms with van der Waals surface area (Å²) in [7, 11) is -3.45. The van der Waals surface area contributed by atoms with Gasteiger partial charge in [-0.15, -0.1) is 10.2 Å². The van der Waals surface area contributed by atoms with Crippen LogP contribution < -0.4 is 14.8 Å². The Kier molecular flexibility index (Phi) is 5.39. The fourth-order valence-corrected chi connectivity index (χ4v) is 3.12. The second kappa shape index (κ2) is 7.11. The van der Waals surface area contributed by atoms with E-state index in [9.17, 15) is 13.2 Å². The monoisotopic (exact) mass is 376 g/mol. The summed E-state index contributed by atoms with van der Waals surface area (Å²) in [6.45, 7) is 1.55. The van der Waals surface area contributed by atoms with Crippen LogP contribution in [0.4, 0.5) is 10.3 Å². The zero-order valence-corrected chi connectivity index (χ0v) is 14.5. The van der Waals surface area contributed by atoms with E-state index in [1.54, 1.807) is 31.2 Å². The van der Waals surface area contributed by atoms with Crippen molar-refractivity contribution in [3.63, 3.8) is 0 Å². The number of hydrogen-bond donors (Lipinski definition) is 2. The zero-order valence-electron chi connectivity index (χ0n) is 12.1. The van der Waals surface area contributed by atoms with Crippen molar-refractivity contribution in [2.75, 3.05) is 16.3 Å². The normalized spacial score (nSPS) is 12.5. The molecule has 0 saturated heterocycles. The number of rotatable bonds is 6. The van der Waals surface area contributed by atoms with E-state index < -0.39 is 22.0 Å². The molecule has 0 aliphatic rings. The number of carbonyl (C=O) groups is 1. The molecule has 1 heterocycles. The maximum atomic E-state index is 12.0. The highest BCUT2D eigenvalue weighted by molar-refractivity contribution is 7.92. The molecule has 2 N–H and O–H groups in total. The first-order valence-electron chi connectivity index (χ1n) is 6.28. The highest BCUT2D eigenvalue weighted by Gasteiger charge is 2.18. The van der Waals surface area contributed by atoms with Crippen LogP contribution in [0.15, 0.2) is 24.3 Å². The smallest absolute Gasteiger partial charge is 0.266 e.